The second-order valence-electron chi connectivity index (χ2n) is 2.92. The Morgan fingerprint density at radius 1 is 0.647 bits per heavy atom. The Balaban J connectivity index is 0. The van der Waals surface area contributed by atoms with Gasteiger partial charge in [-0.25, -0.2) is 0 Å². The molecule has 2 aromatic rings. The highest BCUT2D eigenvalue weighted by molar-refractivity contribution is 6.30. The molecule has 0 amide bonds. The number of nitrogen functional groups attached to an aromatic ring is 2. The van der Waals surface area contributed by atoms with Gasteiger partial charge in [0.2, 0.25) is 0 Å². The first kappa shape index (κ1) is 18.3. The molecule has 0 aliphatic rings. The maximum atomic E-state index is 5.54. The van der Waals surface area contributed by atoms with E-state index >= 15 is 0 Å². The Bertz CT molecular complexity index is 387. The number of para-hydroxylation sites is 2. The SMILES string of the molecule is Cl.Cl.Clc1ccccc1.Nc1ccccc1N. The van der Waals surface area contributed by atoms with Gasteiger partial charge in [-0.2, -0.15) is 0 Å². The van der Waals surface area contributed by atoms with Crippen LogP contribution in [0, 0.1) is 0 Å². The number of anilines is 2. The van der Waals surface area contributed by atoms with E-state index in [9.17, 15) is 0 Å². The van der Waals surface area contributed by atoms with Gasteiger partial charge < -0.3 is 11.5 Å². The zero-order valence-corrected chi connectivity index (χ0v) is 11.4. The Morgan fingerprint density at radius 2 is 1.00 bits per heavy atom. The summed E-state index contributed by atoms with van der Waals surface area (Å²) < 4.78 is 0. The number of nitrogens with two attached hydrogens (primary N) is 2. The zero-order chi connectivity index (χ0) is 11.1. The van der Waals surface area contributed by atoms with Gasteiger partial charge in [0, 0.05) is 5.02 Å². The minimum atomic E-state index is 0. The van der Waals surface area contributed by atoms with Crippen molar-refractivity contribution in [1.29, 1.82) is 0 Å². The summed E-state index contributed by atoms with van der Waals surface area (Å²) in [6.07, 6.45) is 0. The van der Waals surface area contributed by atoms with Crippen molar-refractivity contribution in [3.8, 4) is 0 Å². The van der Waals surface area contributed by atoms with Crippen LogP contribution in [-0.4, -0.2) is 0 Å². The fourth-order valence-corrected chi connectivity index (χ4v) is 1.07. The number of hydrogen-bond donors (Lipinski definition) is 2. The van der Waals surface area contributed by atoms with Crippen molar-refractivity contribution in [2.45, 2.75) is 0 Å². The molecular formula is C12H15Cl3N2. The summed E-state index contributed by atoms with van der Waals surface area (Å²) in [5, 5.41) is 0.794. The van der Waals surface area contributed by atoms with Crippen LogP contribution in [-0.2, 0) is 0 Å². The topological polar surface area (TPSA) is 52.0 Å². The highest BCUT2D eigenvalue weighted by Gasteiger charge is 1.85. The minimum Gasteiger partial charge on any atom is -0.397 e. The lowest BCUT2D eigenvalue weighted by atomic mass is 10.3. The summed E-state index contributed by atoms with van der Waals surface area (Å²) in [7, 11) is 0. The first-order valence-electron chi connectivity index (χ1n) is 4.50. The van der Waals surface area contributed by atoms with Gasteiger partial charge in [0.15, 0.2) is 0 Å². The lowest BCUT2D eigenvalue weighted by Crippen LogP contribution is -1.91. The van der Waals surface area contributed by atoms with E-state index in [4.69, 9.17) is 23.1 Å². The van der Waals surface area contributed by atoms with Gasteiger partial charge in [-0.05, 0) is 24.3 Å². The van der Waals surface area contributed by atoms with E-state index in [-0.39, 0.29) is 24.8 Å². The first-order valence-corrected chi connectivity index (χ1v) is 4.88. The van der Waals surface area contributed by atoms with Gasteiger partial charge in [0.1, 0.15) is 0 Å². The fraction of sp³-hybridized carbons (Fsp3) is 0. The first-order chi connectivity index (χ1) is 7.20. The molecule has 5 heteroatoms. The van der Waals surface area contributed by atoms with E-state index in [0.717, 1.165) is 5.02 Å². The van der Waals surface area contributed by atoms with Gasteiger partial charge in [0.25, 0.3) is 0 Å². The van der Waals surface area contributed by atoms with Crippen molar-refractivity contribution in [2.75, 3.05) is 11.5 Å². The lowest BCUT2D eigenvalue weighted by Gasteiger charge is -1.94. The Hall–Kier alpha value is -1.09. The van der Waals surface area contributed by atoms with Crippen LogP contribution in [0.1, 0.15) is 0 Å². The van der Waals surface area contributed by atoms with Crippen LogP contribution in [0.4, 0.5) is 11.4 Å². The maximum Gasteiger partial charge on any atom is 0.0547 e. The van der Waals surface area contributed by atoms with E-state index in [2.05, 4.69) is 0 Å². The third-order valence-electron chi connectivity index (χ3n) is 1.73. The van der Waals surface area contributed by atoms with Gasteiger partial charge in [-0.1, -0.05) is 41.9 Å². The van der Waals surface area contributed by atoms with Crippen molar-refractivity contribution in [2.24, 2.45) is 0 Å². The van der Waals surface area contributed by atoms with Gasteiger partial charge in [-0.15, -0.1) is 24.8 Å². The molecule has 0 fully saturated rings. The largest absolute Gasteiger partial charge is 0.397 e. The maximum absolute atomic E-state index is 5.54. The highest BCUT2D eigenvalue weighted by Crippen LogP contribution is 2.10. The molecule has 0 saturated heterocycles. The molecule has 2 nitrogen and oxygen atoms in total. The monoisotopic (exact) mass is 292 g/mol. The molecule has 2 rings (SSSR count). The van der Waals surface area contributed by atoms with Crippen LogP contribution >= 0.6 is 36.4 Å². The van der Waals surface area contributed by atoms with Crippen molar-refractivity contribution < 1.29 is 0 Å². The van der Waals surface area contributed by atoms with Gasteiger partial charge in [-0.3, -0.25) is 0 Å². The van der Waals surface area contributed by atoms with Crippen LogP contribution in [0.2, 0.25) is 5.02 Å². The van der Waals surface area contributed by atoms with E-state index in [1.807, 2.05) is 42.5 Å². The average molecular weight is 294 g/mol. The second-order valence-corrected chi connectivity index (χ2v) is 3.36. The smallest absolute Gasteiger partial charge is 0.0547 e. The molecule has 0 spiro atoms. The van der Waals surface area contributed by atoms with Crippen LogP contribution in [0.3, 0.4) is 0 Å². The Morgan fingerprint density at radius 3 is 1.24 bits per heavy atom. The van der Waals surface area contributed by atoms with E-state index < -0.39 is 0 Å². The summed E-state index contributed by atoms with van der Waals surface area (Å²) in [6, 6.07) is 16.7. The van der Waals surface area contributed by atoms with Crippen LogP contribution in [0.25, 0.3) is 0 Å². The van der Waals surface area contributed by atoms with E-state index in [1.165, 1.54) is 0 Å². The lowest BCUT2D eigenvalue weighted by molar-refractivity contribution is 1.67. The van der Waals surface area contributed by atoms with Crippen molar-refractivity contribution in [1.82, 2.24) is 0 Å². The molecule has 0 saturated carbocycles. The molecule has 0 heterocycles. The van der Waals surface area contributed by atoms with E-state index in [0.29, 0.717) is 11.4 Å². The second kappa shape index (κ2) is 10.1. The summed E-state index contributed by atoms with van der Waals surface area (Å²) in [4.78, 5) is 0. The molecule has 0 bridgehead atoms. The van der Waals surface area contributed by atoms with Crippen molar-refractivity contribution in [3.63, 3.8) is 0 Å². The van der Waals surface area contributed by atoms with Crippen LogP contribution in [0.5, 0.6) is 0 Å². The minimum absolute atomic E-state index is 0. The third kappa shape index (κ3) is 7.75. The normalized spacial score (nSPS) is 7.82. The summed E-state index contributed by atoms with van der Waals surface area (Å²) >= 11 is 5.54. The van der Waals surface area contributed by atoms with Crippen LogP contribution < -0.4 is 11.5 Å². The molecule has 17 heavy (non-hydrogen) atoms. The molecular weight excluding hydrogens is 279 g/mol. The molecule has 94 valence electrons. The number of hydrogen-bond acceptors (Lipinski definition) is 2. The summed E-state index contributed by atoms with van der Waals surface area (Å²) in [6.45, 7) is 0. The molecule has 0 unspecified atom stereocenters. The van der Waals surface area contributed by atoms with Gasteiger partial charge >= 0.3 is 0 Å². The average Bonchev–Trinajstić information content (AvgIpc) is 2.25. The van der Waals surface area contributed by atoms with E-state index in [1.54, 1.807) is 12.1 Å². The van der Waals surface area contributed by atoms with Gasteiger partial charge in [0.05, 0.1) is 11.4 Å². The molecule has 0 aliphatic heterocycles. The van der Waals surface area contributed by atoms with Crippen molar-refractivity contribution >= 4 is 47.8 Å². The molecule has 2 aromatic carbocycles. The molecule has 4 N–H and O–H groups in total. The number of halogens is 3. The molecule has 0 aromatic heterocycles. The summed E-state index contributed by atoms with van der Waals surface area (Å²) in [5.74, 6) is 0. The Kier molecular flexibility index (Phi) is 10.8. The zero-order valence-electron chi connectivity index (χ0n) is 9.05. The molecule has 0 atom stereocenters. The fourth-order valence-electron chi connectivity index (χ4n) is 0.926. The van der Waals surface area contributed by atoms with Crippen LogP contribution in [0.15, 0.2) is 54.6 Å². The molecule has 0 aliphatic carbocycles. The highest BCUT2D eigenvalue weighted by atomic mass is 35.5. The summed E-state index contributed by atoms with van der Waals surface area (Å²) in [5.41, 5.74) is 12.1. The third-order valence-corrected chi connectivity index (χ3v) is 1.98. The standard InChI is InChI=1S/C6H5Cl.C6H8N2.2ClH/c7-6-4-2-1-3-5-6;7-5-3-1-2-4-6(5)8;;/h1-5H;1-4H,7-8H2;2*1H. The molecule has 0 radical (unpaired) electrons. The Labute approximate surface area is 119 Å². The van der Waals surface area contributed by atoms with Crippen molar-refractivity contribution in [3.05, 3.63) is 59.6 Å². The quantitative estimate of drug-likeness (QED) is 0.720. The predicted octanol–water partition coefficient (Wildman–Crippen LogP) is 4.03. The number of benzene rings is 2. The number of rotatable bonds is 0. The predicted molar refractivity (Wildman–Crippen MR) is 81.2 cm³/mol.